The molecule has 0 saturated carbocycles. The topological polar surface area (TPSA) is 70.8 Å². The summed E-state index contributed by atoms with van der Waals surface area (Å²) in [4.78, 5) is 14.7. The molecule has 0 aliphatic carbocycles. The fourth-order valence-electron chi connectivity index (χ4n) is 2.94. The number of nitrogens with two attached hydrogens (primary N) is 1. The number of hydrogen-bond acceptors (Lipinski definition) is 4. The number of nitrogens with one attached hydrogen (secondary N) is 1. The van der Waals surface area contributed by atoms with Gasteiger partial charge in [-0.15, -0.1) is 6.58 Å². The number of pyridine rings is 1. The second kappa shape index (κ2) is 5.91. The number of anilines is 2. The molecule has 120 valence electrons. The monoisotopic (exact) mass is 309 g/mol. The summed E-state index contributed by atoms with van der Waals surface area (Å²) < 4.78 is 0. The fraction of sp³-hybridized carbons (Fsp3) is 0.333. The second-order valence-electron chi connectivity index (χ2n) is 6.36. The second-order valence-corrected chi connectivity index (χ2v) is 6.36. The van der Waals surface area contributed by atoms with Gasteiger partial charge in [0.2, 0.25) is 5.95 Å². The van der Waals surface area contributed by atoms with Crippen molar-refractivity contribution in [2.45, 2.75) is 20.3 Å². The average molecular weight is 309 g/mol. The molecule has 0 aliphatic heterocycles. The highest BCUT2D eigenvalue weighted by Gasteiger charge is 2.16. The lowest BCUT2D eigenvalue weighted by Gasteiger charge is -2.12. The van der Waals surface area contributed by atoms with Crippen molar-refractivity contribution < 1.29 is 0 Å². The Bertz CT molecular complexity index is 863. The van der Waals surface area contributed by atoms with Crippen molar-refractivity contribution in [1.29, 1.82) is 0 Å². The molecule has 0 unspecified atom stereocenters. The van der Waals surface area contributed by atoms with Crippen molar-refractivity contribution >= 4 is 33.7 Å². The van der Waals surface area contributed by atoms with Crippen LogP contribution in [-0.4, -0.2) is 28.5 Å². The lowest BCUT2D eigenvalue weighted by Crippen LogP contribution is -2.17. The van der Waals surface area contributed by atoms with E-state index in [4.69, 9.17) is 10.7 Å². The maximum absolute atomic E-state index is 6.14. The first-order valence-electron chi connectivity index (χ1n) is 7.90. The largest absolute Gasteiger partial charge is 0.382 e. The lowest BCUT2D eigenvalue weighted by molar-refractivity contribution is 0.650. The molecule has 2 aromatic heterocycles. The van der Waals surface area contributed by atoms with E-state index in [9.17, 15) is 0 Å². The van der Waals surface area contributed by atoms with E-state index in [1.165, 1.54) is 5.56 Å². The maximum atomic E-state index is 6.14. The van der Waals surface area contributed by atoms with E-state index < -0.39 is 0 Å². The predicted octanol–water partition coefficient (Wildman–Crippen LogP) is 3.51. The van der Waals surface area contributed by atoms with Gasteiger partial charge in [0, 0.05) is 19.0 Å². The van der Waals surface area contributed by atoms with Crippen LogP contribution in [0.3, 0.4) is 0 Å². The highest BCUT2D eigenvalue weighted by Crippen LogP contribution is 2.31. The van der Waals surface area contributed by atoms with Gasteiger partial charge in [-0.2, -0.15) is 0 Å². The molecule has 5 heteroatoms. The third-order valence-electron chi connectivity index (χ3n) is 3.95. The fourth-order valence-corrected chi connectivity index (χ4v) is 2.94. The van der Waals surface area contributed by atoms with Crippen LogP contribution >= 0.6 is 0 Å². The molecule has 2 heterocycles. The van der Waals surface area contributed by atoms with Gasteiger partial charge in [0.1, 0.15) is 16.9 Å². The van der Waals surface area contributed by atoms with Crippen LogP contribution in [0.25, 0.3) is 21.9 Å². The van der Waals surface area contributed by atoms with Crippen LogP contribution in [0.1, 0.15) is 19.4 Å². The SMILES string of the molecule is C=CCN(C)c1nc2c([nH]1)c(N)nc1cccc(CC(C)C)c12. The molecule has 1 aromatic carbocycles. The summed E-state index contributed by atoms with van der Waals surface area (Å²) in [5.41, 5.74) is 10.0. The summed E-state index contributed by atoms with van der Waals surface area (Å²) in [5.74, 6) is 1.83. The van der Waals surface area contributed by atoms with E-state index >= 15 is 0 Å². The number of imidazole rings is 1. The number of aromatic amines is 1. The first-order valence-corrected chi connectivity index (χ1v) is 7.90. The van der Waals surface area contributed by atoms with Gasteiger partial charge in [-0.25, -0.2) is 9.97 Å². The zero-order valence-corrected chi connectivity index (χ0v) is 13.9. The predicted molar refractivity (Wildman–Crippen MR) is 97.8 cm³/mol. The van der Waals surface area contributed by atoms with Crippen molar-refractivity contribution in [2.75, 3.05) is 24.2 Å². The number of fused-ring (bicyclic) bond motifs is 3. The number of likely N-dealkylation sites (N-methyl/N-ethyl adjacent to an activating group) is 1. The van der Waals surface area contributed by atoms with Gasteiger partial charge in [0.05, 0.1) is 5.52 Å². The summed E-state index contributed by atoms with van der Waals surface area (Å²) in [6.45, 7) is 8.92. The average Bonchev–Trinajstić information content (AvgIpc) is 2.93. The lowest BCUT2D eigenvalue weighted by atomic mass is 9.98. The van der Waals surface area contributed by atoms with Gasteiger partial charge in [-0.3, -0.25) is 0 Å². The minimum absolute atomic E-state index is 0.486. The molecule has 5 nitrogen and oxygen atoms in total. The molecule has 0 atom stereocenters. The Morgan fingerprint density at radius 1 is 1.35 bits per heavy atom. The summed E-state index contributed by atoms with van der Waals surface area (Å²) >= 11 is 0. The minimum Gasteiger partial charge on any atom is -0.382 e. The van der Waals surface area contributed by atoms with Crippen molar-refractivity contribution in [3.63, 3.8) is 0 Å². The first-order chi connectivity index (χ1) is 11.0. The van der Waals surface area contributed by atoms with Crippen LogP contribution in [0.15, 0.2) is 30.9 Å². The smallest absolute Gasteiger partial charge is 0.203 e. The number of aromatic nitrogens is 3. The van der Waals surface area contributed by atoms with Gasteiger partial charge in [0.15, 0.2) is 0 Å². The Labute approximate surface area is 136 Å². The standard InChI is InChI=1S/C18H23N5/c1-5-9-23(4)18-21-15-14-12(10-11(2)3)7-6-8-13(14)20-17(19)16(15)22-18/h5-8,11H,1,9-10H2,2-4H3,(H2,19,20)(H,21,22). The Morgan fingerprint density at radius 2 is 2.13 bits per heavy atom. The Hall–Kier alpha value is -2.56. The van der Waals surface area contributed by atoms with Crippen molar-refractivity contribution in [3.05, 3.63) is 36.4 Å². The molecule has 0 radical (unpaired) electrons. The van der Waals surface area contributed by atoms with Crippen LogP contribution in [-0.2, 0) is 6.42 Å². The molecule has 23 heavy (non-hydrogen) atoms. The summed E-state index contributed by atoms with van der Waals surface area (Å²) in [5, 5.41) is 1.10. The van der Waals surface area contributed by atoms with E-state index in [0.29, 0.717) is 18.3 Å². The molecule has 0 fully saturated rings. The first kappa shape index (κ1) is 15.3. The van der Waals surface area contributed by atoms with Gasteiger partial charge >= 0.3 is 0 Å². The van der Waals surface area contributed by atoms with Crippen molar-refractivity contribution in [2.24, 2.45) is 5.92 Å². The summed E-state index contributed by atoms with van der Waals surface area (Å²) in [7, 11) is 1.97. The maximum Gasteiger partial charge on any atom is 0.203 e. The van der Waals surface area contributed by atoms with Crippen LogP contribution in [0.4, 0.5) is 11.8 Å². The van der Waals surface area contributed by atoms with E-state index in [2.05, 4.69) is 36.5 Å². The van der Waals surface area contributed by atoms with Gasteiger partial charge < -0.3 is 15.6 Å². The third-order valence-corrected chi connectivity index (χ3v) is 3.95. The molecule has 3 aromatic rings. The molecule has 3 N–H and O–H groups in total. The van der Waals surface area contributed by atoms with Crippen LogP contribution in [0.2, 0.25) is 0 Å². The zero-order valence-electron chi connectivity index (χ0n) is 13.9. The molecule has 0 spiro atoms. The Kier molecular flexibility index (Phi) is 3.94. The third kappa shape index (κ3) is 2.74. The van der Waals surface area contributed by atoms with Gasteiger partial charge in [-0.1, -0.05) is 32.1 Å². The number of nitrogens with zero attached hydrogens (tertiary/aromatic N) is 3. The van der Waals surface area contributed by atoms with E-state index in [0.717, 1.165) is 34.3 Å². The minimum atomic E-state index is 0.486. The summed E-state index contributed by atoms with van der Waals surface area (Å²) in [6, 6.07) is 6.19. The van der Waals surface area contributed by atoms with E-state index in [1.807, 2.05) is 30.2 Å². The molecule has 0 aliphatic rings. The quantitative estimate of drug-likeness (QED) is 0.707. The van der Waals surface area contributed by atoms with Crippen LogP contribution in [0, 0.1) is 5.92 Å². The molecule has 0 amide bonds. The highest BCUT2D eigenvalue weighted by atomic mass is 15.2. The van der Waals surface area contributed by atoms with Crippen LogP contribution < -0.4 is 10.6 Å². The molecule has 3 rings (SSSR count). The number of hydrogen-bond donors (Lipinski definition) is 2. The zero-order chi connectivity index (χ0) is 16.6. The Morgan fingerprint density at radius 3 is 2.83 bits per heavy atom. The summed E-state index contributed by atoms with van der Waals surface area (Å²) in [6.07, 6.45) is 2.83. The molecular formula is C18H23N5. The molecule has 0 bridgehead atoms. The normalized spacial score (nSPS) is 11.5. The van der Waals surface area contributed by atoms with Gasteiger partial charge in [0.25, 0.3) is 0 Å². The molecule has 0 saturated heterocycles. The van der Waals surface area contributed by atoms with Crippen molar-refractivity contribution in [1.82, 2.24) is 15.0 Å². The van der Waals surface area contributed by atoms with E-state index in [-0.39, 0.29) is 0 Å². The number of rotatable bonds is 5. The number of benzene rings is 1. The number of nitrogen functional groups attached to an aromatic ring is 1. The highest BCUT2D eigenvalue weighted by molar-refractivity contribution is 6.08. The van der Waals surface area contributed by atoms with Gasteiger partial charge in [-0.05, 0) is 24.0 Å². The Balaban J connectivity index is 2.29. The number of H-pyrrole nitrogens is 1. The van der Waals surface area contributed by atoms with Crippen LogP contribution in [0.5, 0.6) is 0 Å². The van der Waals surface area contributed by atoms with E-state index in [1.54, 1.807) is 0 Å². The molecular weight excluding hydrogens is 286 g/mol. The van der Waals surface area contributed by atoms with Crippen molar-refractivity contribution in [3.8, 4) is 0 Å².